The summed E-state index contributed by atoms with van der Waals surface area (Å²) in [7, 11) is 0. The molecular formula is C19H32N2. The number of hydrogen-bond acceptors (Lipinski definition) is 2. The van der Waals surface area contributed by atoms with Crippen LogP contribution in [0.1, 0.15) is 70.4 Å². The van der Waals surface area contributed by atoms with Gasteiger partial charge in [-0.3, -0.25) is 0 Å². The van der Waals surface area contributed by atoms with Crippen molar-refractivity contribution in [1.29, 1.82) is 0 Å². The number of nitrogens with zero attached hydrogens (tertiary/aromatic N) is 1. The number of benzene rings is 1. The Bertz CT molecular complexity index is 394. The van der Waals surface area contributed by atoms with Crippen molar-refractivity contribution in [2.75, 3.05) is 24.5 Å². The van der Waals surface area contributed by atoms with Crippen molar-refractivity contribution < 1.29 is 0 Å². The predicted molar refractivity (Wildman–Crippen MR) is 93.1 cm³/mol. The van der Waals surface area contributed by atoms with Gasteiger partial charge < -0.3 is 10.2 Å². The number of para-hydroxylation sites is 1. The molecule has 0 amide bonds. The van der Waals surface area contributed by atoms with Gasteiger partial charge in [0.1, 0.15) is 0 Å². The molecule has 0 aliphatic carbocycles. The third kappa shape index (κ3) is 4.74. The molecule has 0 saturated carbocycles. The standard InChI is InChI=1S/C19H32N2/c1-3-14-20-18(4-2)17-12-8-9-13-19(17)21-15-10-6-5-7-11-16-21/h8-9,12-13,18,20H,3-7,10-11,14-16H2,1-2H3. The van der Waals surface area contributed by atoms with Crippen LogP contribution in [-0.2, 0) is 0 Å². The van der Waals surface area contributed by atoms with Crippen molar-refractivity contribution in [2.24, 2.45) is 0 Å². The van der Waals surface area contributed by atoms with Crippen molar-refractivity contribution >= 4 is 5.69 Å². The molecule has 0 spiro atoms. The molecule has 1 aliphatic heterocycles. The van der Waals surface area contributed by atoms with Crippen LogP contribution in [0.3, 0.4) is 0 Å². The van der Waals surface area contributed by atoms with E-state index in [-0.39, 0.29) is 0 Å². The smallest absolute Gasteiger partial charge is 0.0414 e. The van der Waals surface area contributed by atoms with E-state index in [1.807, 2.05) is 0 Å². The third-order valence-electron chi connectivity index (χ3n) is 4.56. The topological polar surface area (TPSA) is 15.3 Å². The molecule has 1 saturated heterocycles. The summed E-state index contributed by atoms with van der Waals surface area (Å²) in [5, 5.41) is 3.72. The van der Waals surface area contributed by atoms with Gasteiger partial charge in [0.05, 0.1) is 0 Å². The number of hydrogen-bond donors (Lipinski definition) is 1. The minimum absolute atomic E-state index is 0.492. The molecular weight excluding hydrogens is 256 g/mol. The van der Waals surface area contributed by atoms with Crippen LogP contribution in [0.25, 0.3) is 0 Å². The van der Waals surface area contributed by atoms with E-state index in [1.165, 1.54) is 62.9 Å². The molecule has 2 rings (SSSR count). The van der Waals surface area contributed by atoms with E-state index in [0.29, 0.717) is 6.04 Å². The molecule has 1 atom stereocenters. The lowest BCUT2D eigenvalue weighted by Gasteiger charge is -2.31. The first-order valence-corrected chi connectivity index (χ1v) is 8.94. The van der Waals surface area contributed by atoms with Crippen molar-refractivity contribution in [1.82, 2.24) is 5.32 Å². The van der Waals surface area contributed by atoms with Gasteiger partial charge in [-0.25, -0.2) is 0 Å². The second-order valence-electron chi connectivity index (χ2n) is 6.23. The Morgan fingerprint density at radius 1 is 1.00 bits per heavy atom. The zero-order valence-electron chi connectivity index (χ0n) is 13.9. The molecule has 1 aromatic carbocycles. The van der Waals surface area contributed by atoms with Crippen LogP contribution in [0, 0.1) is 0 Å². The molecule has 1 heterocycles. The Kier molecular flexibility index (Phi) is 7.08. The lowest BCUT2D eigenvalue weighted by molar-refractivity contribution is 0.512. The average molecular weight is 288 g/mol. The Labute approximate surface area is 130 Å². The number of anilines is 1. The number of nitrogens with one attached hydrogen (secondary N) is 1. The van der Waals surface area contributed by atoms with E-state index in [2.05, 4.69) is 48.3 Å². The Morgan fingerprint density at radius 2 is 1.67 bits per heavy atom. The minimum atomic E-state index is 0.492. The molecule has 2 heteroatoms. The first-order valence-electron chi connectivity index (χ1n) is 8.94. The SMILES string of the molecule is CCCNC(CC)c1ccccc1N1CCCCCCC1. The molecule has 0 aromatic heterocycles. The fourth-order valence-corrected chi connectivity index (χ4v) is 3.35. The normalized spacial score (nSPS) is 18.1. The second kappa shape index (κ2) is 9.09. The summed E-state index contributed by atoms with van der Waals surface area (Å²) in [5.41, 5.74) is 2.96. The highest BCUT2D eigenvalue weighted by molar-refractivity contribution is 5.55. The van der Waals surface area contributed by atoms with Crippen molar-refractivity contribution in [3.05, 3.63) is 29.8 Å². The van der Waals surface area contributed by atoms with Crippen LogP contribution >= 0.6 is 0 Å². The van der Waals surface area contributed by atoms with E-state index >= 15 is 0 Å². The van der Waals surface area contributed by atoms with Crippen LogP contribution in [-0.4, -0.2) is 19.6 Å². The summed E-state index contributed by atoms with van der Waals surface area (Å²) in [6.07, 6.45) is 9.24. The molecule has 1 fully saturated rings. The van der Waals surface area contributed by atoms with Crippen LogP contribution in [0.5, 0.6) is 0 Å². The van der Waals surface area contributed by atoms with Gasteiger partial charge >= 0.3 is 0 Å². The summed E-state index contributed by atoms with van der Waals surface area (Å²) < 4.78 is 0. The van der Waals surface area contributed by atoms with Crippen molar-refractivity contribution in [3.8, 4) is 0 Å². The summed E-state index contributed by atoms with van der Waals surface area (Å²) >= 11 is 0. The minimum Gasteiger partial charge on any atom is -0.371 e. The van der Waals surface area contributed by atoms with Gasteiger partial charge in [0.25, 0.3) is 0 Å². The molecule has 1 unspecified atom stereocenters. The van der Waals surface area contributed by atoms with E-state index in [1.54, 1.807) is 0 Å². The maximum absolute atomic E-state index is 3.72. The summed E-state index contributed by atoms with van der Waals surface area (Å²) in [6, 6.07) is 9.54. The van der Waals surface area contributed by atoms with Gasteiger partial charge in [-0.05, 0) is 43.9 Å². The van der Waals surface area contributed by atoms with E-state index in [0.717, 1.165) is 13.0 Å². The highest BCUT2D eigenvalue weighted by Crippen LogP contribution is 2.29. The molecule has 1 aliphatic rings. The van der Waals surface area contributed by atoms with Gasteiger partial charge in [0.15, 0.2) is 0 Å². The second-order valence-corrected chi connectivity index (χ2v) is 6.23. The molecule has 0 bridgehead atoms. The highest BCUT2D eigenvalue weighted by Gasteiger charge is 2.17. The Morgan fingerprint density at radius 3 is 2.33 bits per heavy atom. The van der Waals surface area contributed by atoms with E-state index in [4.69, 9.17) is 0 Å². The monoisotopic (exact) mass is 288 g/mol. The fraction of sp³-hybridized carbons (Fsp3) is 0.684. The molecule has 118 valence electrons. The highest BCUT2D eigenvalue weighted by atomic mass is 15.1. The molecule has 1 aromatic rings. The predicted octanol–water partition coefficient (Wildman–Crippen LogP) is 4.91. The zero-order valence-corrected chi connectivity index (χ0v) is 13.9. The molecule has 2 nitrogen and oxygen atoms in total. The van der Waals surface area contributed by atoms with Crippen LogP contribution in [0.4, 0.5) is 5.69 Å². The lowest BCUT2D eigenvalue weighted by Crippen LogP contribution is -2.30. The third-order valence-corrected chi connectivity index (χ3v) is 4.56. The Hall–Kier alpha value is -1.02. The van der Waals surface area contributed by atoms with E-state index in [9.17, 15) is 0 Å². The van der Waals surface area contributed by atoms with Gasteiger partial charge in [-0.2, -0.15) is 0 Å². The number of rotatable bonds is 6. The maximum Gasteiger partial charge on any atom is 0.0414 e. The summed E-state index contributed by atoms with van der Waals surface area (Å²) in [6.45, 7) is 8.08. The fourth-order valence-electron chi connectivity index (χ4n) is 3.35. The van der Waals surface area contributed by atoms with Crippen LogP contribution in [0.2, 0.25) is 0 Å². The first-order chi connectivity index (χ1) is 10.4. The maximum atomic E-state index is 3.72. The molecule has 0 radical (unpaired) electrons. The largest absolute Gasteiger partial charge is 0.371 e. The Balaban J connectivity index is 2.17. The average Bonchev–Trinajstić information content (AvgIpc) is 2.48. The van der Waals surface area contributed by atoms with Gasteiger partial charge in [-0.15, -0.1) is 0 Å². The first kappa shape index (κ1) is 16.4. The lowest BCUT2D eigenvalue weighted by atomic mass is 10.00. The molecule has 21 heavy (non-hydrogen) atoms. The van der Waals surface area contributed by atoms with Crippen molar-refractivity contribution in [2.45, 2.75) is 64.8 Å². The van der Waals surface area contributed by atoms with E-state index < -0.39 is 0 Å². The summed E-state index contributed by atoms with van der Waals surface area (Å²) in [4.78, 5) is 2.63. The van der Waals surface area contributed by atoms with Crippen LogP contribution in [0.15, 0.2) is 24.3 Å². The molecule has 1 N–H and O–H groups in total. The van der Waals surface area contributed by atoms with Crippen molar-refractivity contribution in [3.63, 3.8) is 0 Å². The zero-order chi connectivity index (χ0) is 14.9. The van der Waals surface area contributed by atoms with Gasteiger partial charge in [-0.1, -0.05) is 51.3 Å². The van der Waals surface area contributed by atoms with Gasteiger partial charge in [0.2, 0.25) is 0 Å². The quantitative estimate of drug-likeness (QED) is 0.800. The van der Waals surface area contributed by atoms with Crippen LogP contribution < -0.4 is 10.2 Å². The van der Waals surface area contributed by atoms with Gasteiger partial charge in [0, 0.05) is 24.8 Å². The summed E-state index contributed by atoms with van der Waals surface area (Å²) in [5.74, 6) is 0.